The monoisotopic (exact) mass is 347 g/mol. The average molecular weight is 348 g/mol. The van der Waals surface area contributed by atoms with E-state index in [4.69, 9.17) is 27.9 Å². The summed E-state index contributed by atoms with van der Waals surface area (Å²) in [6, 6.07) is 11.8. The van der Waals surface area contributed by atoms with Gasteiger partial charge in [-0.05, 0) is 35.9 Å². The molecule has 0 aliphatic carbocycles. The second-order valence-electron chi connectivity index (χ2n) is 4.89. The van der Waals surface area contributed by atoms with Gasteiger partial charge in [0.1, 0.15) is 11.4 Å². The largest absolute Gasteiger partial charge is 0.495 e. The van der Waals surface area contributed by atoms with Crippen LogP contribution in [-0.2, 0) is 0 Å². The van der Waals surface area contributed by atoms with Crippen LogP contribution in [0.3, 0.4) is 0 Å². The fourth-order valence-corrected chi connectivity index (χ4v) is 2.68. The Hall–Kier alpha value is -2.30. The first-order valence-electron chi connectivity index (χ1n) is 6.71. The maximum Gasteiger partial charge on any atom is 0.250 e. The molecule has 0 radical (unpaired) electrons. The standard InChI is InChI=1S/C17H11Cl2NO3/c1-23-13-7-6-11(8-12(13)19)20-15-14(16(21)17(15)22)9-2-4-10(18)5-3-9/h2-8,20H,1H3. The van der Waals surface area contributed by atoms with Crippen LogP contribution in [0.15, 0.2) is 52.1 Å². The van der Waals surface area contributed by atoms with Gasteiger partial charge < -0.3 is 10.1 Å². The quantitative estimate of drug-likeness (QED) is 0.724. The highest BCUT2D eigenvalue weighted by Gasteiger charge is 2.22. The number of anilines is 2. The van der Waals surface area contributed by atoms with Crippen LogP contribution in [-0.4, -0.2) is 7.11 Å². The molecule has 0 aromatic heterocycles. The molecule has 0 amide bonds. The first-order valence-corrected chi connectivity index (χ1v) is 7.46. The van der Waals surface area contributed by atoms with Gasteiger partial charge in [0, 0.05) is 10.7 Å². The summed E-state index contributed by atoms with van der Waals surface area (Å²) in [4.78, 5) is 23.8. The molecule has 0 fully saturated rings. The number of methoxy groups -OCH3 is 1. The van der Waals surface area contributed by atoms with E-state index < -0.39 is 10.9 Å². The van der Waals surface area contributed by atoms with Crippen molar-refractivity contribution in [3.05, 3.63) is 73.0 Å². The molecule has 0 heterocycles. The van der Waals surface area contributed by atoms with Gasteiger partial charge in [-0.3, -0.25) is 9.59 Å². The Bertz CT molecular complexity index is 942. The minimum Gasteiger partial charge on any atom is -0.495 e. The van der Waals surface area contributed by atoms with E-state index in [1.165, 1.54) is 7.11 Å². The van der Waals surface area contributed by atoms with Gasteiger partial charge in [0.15, 0.2) is 0 Å². The van der Waals surface area contributed by atoms with E-state index in [-0.39, 0.29) is 5.69 Å². The van der Waals surface area contributed by atoms with Crippen LogP contribution >= 0.6 is 23.2 Å². The summed E-state index contributed by atoms with van der Waals surface area (Å²) in [6.07, 6.45) is 0. The molecule has 3 aromatic carbocycles. The minimum absolute atomic E-state index is 0.249. The van der Waals surface area contributed by atoms with Crippen LogP contribution in [0.5, 0.6) is 5.75 Å². The molecule has 0 saturated heterocycles. The Morgan fingerprint density at radius 2 is 1.65 bits per heavy atom. The zero-order valence-corrected chi connectivity index (χ0v) is 13.5. The molecular formula is C17H11Cl2NO3. The van der Waals surface area contributed by atoms with E-state index >= 15 is 0 Å². The highest BCUT2D eigenvalue weighted by Crippen LogP contribution is 2.31. The van der Waals surface area contributed by atoms with E-state index in [2.05, 4.69) is 5.32 Å². The third-order valence-electron chi connectivity index (χ3n) is 3.46. The summed E-state index contributed by atoms with van der Waals surface area (Å²) in [5.41, 5.74) is 0.757. The van der Waals surface area contributed by atoms with E-state index in [1.807, 2.05) is 0 Å². The van der Waals surface area contributed by atoms with Crippen LogP contribution < -0.4 is 20.9 Å². The summed E-state index contributed by atoms with van der Waals surface area (Å²) in [6.45, 7) is 0. The van der Waals surface area contributed by atoms with Gasteiger partial charge in [0.2, 0.25) is 5.43 Å². The number of halogens is 2. The Balaban J connectivity index is 1.97. The second kappa shape index (κ2) is 6.07. The van der Waals surface area contributed by atoms with Gasteiger partial charge in [-0.2, -0.15) is 0 Å². The SMILES string of the molecule is COc1ccc(Nc2c(-c3ccc(Cl)cc3)c(=O)c2=O)cc1Cl. The first-order chi connectivity index (χ1) is 11.0. The number of benzene rings is 2. The molecular weight excluding hydrogens is 337 g/mol. The summed E-state index contributed by atoms with van der Waals surface area (Å²) in [5.74, 6) is 0.528. The summed E-state index contributed by atoms with van der Waals surface area (Å²) < 4.78 is 5.08. The third-order valence-corrected chi connectivity index (χ3v) is 4.01. The number of hydrogen-bond donors (Lipinski definition) is 1. The molecule has 23 heavy (non-hydrogen) atoms. The van der Waals surface area contributed by atoms with Crippen molar-refractivity contribution in [3.8, 4) is 16.9 Å². The zero-order chi connectivity index (χ0) is 16.6. The number of hydrogen-bond acceptors (Lipinski definition) is 4. The molecule has 0 spiro atoms. The minimum atomic E-state index is -0.554. The lowest BCUT2D eigenvalue weighted by Gasteiger charge is -2.14. The highest BCUT2D eigenvalue weighted by molar-refractivity contribution is 6.32. The predicted molar refractivity (Wildman–Crippen MR) is 93.1 cm³/mol. The van der Waals surface area contributed by atoms with Crippen molar-refractivity contribution in [3.63, 3.8) is 0 Å². The predicted octanol–water partition coefficient (Wildman–Crippen LogP) is 4.01. The van der Waals surface area contributed by atoms with Crippen molar-refractivity contribution in [2.75, 3.05) is 12.4 Å². The third kappa shape index (κ3) is 2.83. The van der Waals surface area contributed by atoms with Crippen molar-refractivity contribution in [2.45, 2.75) is 0 Å². The molecule has 0 atom stereocenters. The van der Waals surface area contributed by atoms with Gasteiger partial charge in [0.25, 0.3) is 5.43 Å². The van der Waals surface area contributed by atoms with Crippen LogP contribution in [0.2, 0.25) is 10.0 Å². The van der Waals surface area contributed by atoms with Crippen LogP contribution in [0.25, 0.3) is 11.1 Å². The fraction of sp³-hybridized carbons (Fsp3) is 0.0588. The van der Waals surface area contributed by atoms with Crippen molar-refractivity contribution in [1.82, 2.24) is 0 Å². The van der Waals surface area contributed by atoms with Crippen molar-refractivity contribution >= 4 is 34.6 Å². The summed E-state index contributed by atoms with van der Waals surface area (Å²) >= 11 is 11.9. The van der Waals surface area contributed by atoms with Gasteiger partial charge in [-0.25, -0.2) is 0 Å². The summed E-state index contributed by atoms with van der Waals surface area (Å²) in [5, 5.41) is 3.92. The lowest BCUT2D eigenvalue weighted by molar-refractivity contribution is 0.415. The van der Waals surface area contributed by atoms with Gasteiger partial charge in [-0.15, -0.1) is 0 Å². The number of nitrogens with one attached hydrogen (secondary N) is 1. The smallest absolute Gasteiger partial charge is 0.250 e. The van der Waals surface area contributed by atoms with Crippen molar-refractivity contribution in [1.29, 1.82) is 0 Å². The second-order valence-corrected chi connectivity index (χ2v) is 5.73. The van der Waals surface area contributed by atoms with E-state index in [0.29, 0.717) is 32.6 Å². The van der Waals surface area contributed by atoms with Crippen molar-refractivity contribution < 1.29 is 4.74 Å². The molecule has 3 rings (SSSR count). The molecule has 4 nitrogen and oxygen atoms in total. The Labute approximate surface area is 141 Å². The van der Waals surface area contributed by atoms with Crippen molar-refractivity contribution in [2.24, 2.45) is 0 Å². The first kappa shape index (κ1) is 15.6. The average Bonchev–Trinajstić information content (AvgIpc) is 2.56. The lowest BCUT2D eigenvalue weighted by Crippen LogP contribution is -2.35. The zero-order valence-electron chi connectivity index (χ0n) is 12.0. The molecule has 0 unspecified atom stereocenters. The number of rotatable bonds is 4. The molecule has 0 aliphatic heterocycles. The van der Waals surface area contributed by atoms with Crippen LogP contribution in [0, 0.1) is 0 Å². The normalized spacial score (nSPS) is 10.7. The Morgan fingerprint density at radius 3 is 2.26 bits per heavy atom. The molecule has 116 valence electrons. The maximum atomic E-state index is 11.9. The van der Waals surface area contributed by atoms with Gasteiger partial charge >= 0.3 is 0 Å². The highest BCUT2D eigenvalue weighted by atomic mass is 35.5. The molecule has 6 heteroatoms. The molecule has 1 N–H and O–H groups in total. The molecule has 0 aliphatic rings. The Kier molecular flexibility index (Phi) is 4.11. The van der Waals surface area contributed by atoms with Gasteiger partial charge in [0.05, 0.1) is 17.7 Å². The van der Waals surface area contributed by atoms with Gasteiger partial charge in [-0.1, -0.05) is 35.3 Å². The number of ether oxygens (including phenoxy) is 1. The topological polar surface area (TPSA) is 55.4 Å². The molecule has 0 saturated carbocycles. The summed E-state index contributed by atoms with van der Waals surface area (Å²) in [7, 11) is 1.52. The maximum absolute atomic E-state index is 11.9. The van der Waals surface area contributed by atoms with E-state index in [9.17, 15) is 9.59 Å². The lowest BCUT2D eigenvalue weighted by atomic mass is 9.98. The van der Waals surface area contributed by atoms with E-state index in [0.717, 1.165) is 0 Å². The molecule has 0 bridgehead atoms. The van der Waals surface area contributed by atoms with Crippen LogP contribution in [0.1, 0.15) is 0 Å². The van der Waals surface area contributed by atoms with Crippen LogP contribution in [0.4, 0.5) is 11.4 Å². The fourth-order valence-electron chi connectivity index (χ4n) is 2.29. The Morgan fingerprint density at radius 1 is 0.957 bits per heavy atom. The van der Waals surface area contributed by atoms with E-state index in [1.54, 1.807) is 42.5 Å². The molecule has 3 aromatic rings.